The number of allylic oxidation sites excluding steroid dienone is 1. The summed E-state index contributed by atoms with van der Waals surface area (Å²) in [6, 6.07) is 0. The quantitative estimate of drug-likeness (QED) is 0.669. The first kappa shape index (κ1) is 12.2. The Labute approximate surface area is 99.9 Å². The van der Waals surface area contributed by atoms with Gasteiger partial charge in [-0.1, -0.05) is 40.2 Å². The van der Waals surface area contributed by atoms with Gasteiger partial charge >= 0.3 is 0 Å². The number of hydrogen-bond acceptors (Lipinski definition) is 1. The average molecular weight is 222 g/mol. The van der Waals surface area contributed by atoms with Crippen molar-refractivity contribution in [3.05, 3.63) is 11.1 Å². The molecule has 0 spiro atoms. The summed E-state index contributed by atoms with van der Waals surface area (Å²) in [6.45, 7) is 11.4. The van der Waals surface area contributed by atoms with Crippen LogP contribution in [-0.2, 0) is 0 Å². The summed E-state index contributed by atoms with van der Waals surface area (Å²) in [5.74, 6) is 2.02. The van der Waals surface area contributed by atoms with E-state index < -0.39 is 0 Å². The normalized spacial score (nSPS) is 38.1. The highest BCUT2D eigenvalue weighted by atomic mass is 16.3. The lowest BCUT2D eigenvalue weighted by atomic mass is 9.64. The first-order valence-electron chi connectivity index (χ1n) is 6.75. The van der Waals surface area contributed by atoms with Gasteiger partial charge in [-0.2, -0.15) is 0 Å². The topological polar surface area (TPSA) is 20.2 Å². The van der Waals surface area contributed by atoms with E-state index in [0.717, 1.165) is 6.42 Å². The van der Waals surface area contributed by atoms with Gasteiger partial charge in [0.05, 0.1) is 6.10 Å². The smallest absolute Gasteiger partial charge is 0.0806 e. The van der Waals surface area contributed by atoms with Gasteiger partial charge in [-0.25, -0.2) is 0 Å². The summed E-state index contributed by atoms with van der Waals surface area (Å²) >= 11 is 0. The average Bonchev–Trinajstić information content (AvgIpc) is 2.54. The first-order chi connectivity index (χ1) is 7.34. The zero-order valence-corrected chi connectivity index (χ0v) is 11.4. The van der Waals surface area contributed by atoms with Crippen LogP contribution in [0.4, 0.5) is 0 Å². The van der Waals surface area contributed by atoms with Crippen LogP contribution >= 0.6 is 0 Å². The summed E-state index contributed by atoms with van der Waals surface area (Å²) in [7, 11) is 0. The van der Waals surface area contributed by atoms with Crippen LogP contribution in [0.2, 0.25) is 0 Å². The van der Waals surface area contributed by atoms with Crippen molar-refractivity contribution in [1.82, 2.24) is 0 Å². The first-order valence-corrected chi connectivity index (χ1v) is 6.75. The second-order valence-electron chi connectivity index (χ2n) is 6.87. The molecule has 3 unspecified atom stereocenters. The molecule has 2 rings (SSSR count). The minimum absolute atomic E-state index is 0.0619. The summed E-state index contributed by atoms with van der Waals surface area (Å²) < 4.78 is 0. The van der Waals surface area contributed by atoms with Crippen LogP contribution in [0.15, 0.2) is 11.1 Å². The molecule has 0 radical (unpaired) electrons. The molecule has 0 fully saturated rings. The van der Waals surface area contributed by atoms with Gasteiger partial charge in [0.15, 0.2) is 0 Å². The van der Waals surface area contributed by atoms with Gasteiger partial charge in [0.1, 0.15) is 0 Å². The predicted molar refractivity (Wildman–Crippen MR) is 68.2 cm³/mol. The lowest BCUT2D eigenvalue weighted by molar-refractivity contribution is 0.0392. The number of hydrogen-bond donors (Lipinski definition) is 1. The molecular formula is C15H26O. The Morgan fingerprint density at radius 2 is 1.94 bits per heavy atom. The van der Waals surface area contributed by atoms with Crippen molar-refractivity contribution < 1.29 is 5.11 Å². The molecule has 1 heteroatoms. The molecule has 0 aromatic rings. The molecule has 92 valence electrons. The molecule has 16 heavy (non-hydrogen) atoms. The molecule has 1 nitrogen and oxygen atoms in total. The van der Waals surface area contributed by atoms with E-state index in [1.54, 1.807) is 5.57 Å². The minimum atomic E-state index is -0.199. The second-order valence-corrected chi connectivity index (χ2v) is 6.87. The van der Waals surface area contributed by atoms with Gasteiger partial charge in [-0.05, 0) is 48.0 Å². The van der Waals surface area contributed by atoms with E-state index in [9.17, 15) is 5.11 Å². The SMILES string of the molecule is CC1CCC2=C1C(O)C(C)(C)CC2C(C)C. The molecular weight excluding hydrogens is 196 g/mol. The van der Waals surface area contributed by atoms with Gasteiger partial charge in [0, 0.05) is 0 Å². The van der Waals surface area contributed by atoms with E-state index in [1.807, 2.05) is 0 Å². The van der Waals surface area contributed by atoms with Crippen molar-refractivity contribution in [2.24, 2.45) is 23.2 Å². The van der Waals surface area contributed by atoms with Crippen LogP contribution in [0.5, 0.6) is 0 Å². The van der Waals surface area contributed by atoms with Crippen molar-refractivity contribution in [3.8, 4) is 0 Å². The molecule has 3 atom stereocenters. The largest absolute Gasteiger partial charge is 0.388 e. The number of aliphatic hydroxyl groups excluding tert-OH is 1. The molecule has 2 aliphatic rings. The highest BCUT2D eigenvalue weighted by Gasteiger charge is 2.45. The van der Waals surface area contributed by atoms with Gasteiger partial charge < -0.3 is 5.11 Å². The van der Waals surface area contributed by atoms with Crippen molar-refractivity contribution in [1.29, 1.82) is 0 Å². The lowest BCUT2D eigenvalue weighted by Gasteiger charge is -2.43. The summed E-state index contributed by atoms with van der Waals surface area (Å²) in [5, 5.41) is 10.5. The molecule has 0 saturated carbocycles. The lowest BCUT2D eigenvalue weighted by Crippen LogP contribution is -2.40. The summed E-state index contributed by atoms with van der Waals surface area (Å²) in [4.78, 5) is 0. The molecule has 0 saturated heterocycles. The van der Waals surface area contributed by atoms with Crippen LogP contribution < -0.4 is 0 Å². The highest BCUT2D eigenvalue weighted by molar-refractivity contribution is 5.33. The Hall–Kier alpha value is -0.300. The van der Waals surface area contributed by atoms with Gasteiger partial charge in [0.25, 0.3) is 0 Å². The molecule has 0 amide bonds. The maximum absolute atomic E-state index is 10.5. The zero-order valence-electron chi connectivity index (χ0n) is 11.4. The summed E-state index contributed by atoms with van der Waals surface area (Å²) in [5.41, 5.74) is 3.07. The standard InChI is InChI=1S/C15H26O/c1-9(2)12-8-15(4,5)14(16)13-10(3)6-7-11(12)13/h9-10,12,14,16H,6-8H2,1-5H3. The van der Waals surface area contributed by atoms with E-state index in [2.05, 4.69) is 34.6 Å². The van der Waals surface area contributed by atoms with Crippen molar-refractivity contribution in [2.45, 2.75) is 60.0 Å². The van der Waals surface area contributed by atoms with E-state index in [-0.39, 0.29) is 11.5 Å². The van der Waals surface area contributed by atoms with E-state index >= 15 is 0 Å². The number of aliphatic hydroxyl groups is 1. The molecule has 2 aliphatic carbocycles. The Morgan fingerprint density at radius 3 is 2.50 bits per heavy atom. The van der Waals surface area contributed by atoms with Gasteiger partial charge in [0.2, 0.25) is 0 Å². The zero-order chi connectivity index (χ0) is 12.1. The fourth-order valence-electron chi connectivity index (χ4n) is 3.69. The van der Waals surface area contributed by atoms with Gasteiger partial charge in [-0.15, -0.1) is 0 Å². The van der Waals surface area contributed by atoms with Crippen LogP contribution in [0, 0.1) is 23.2 Å². The Balaban J connectivity index is 2.42. The fourth-order valence-corrected chi connectivity index (χ4v) is 3.69. The Morgan fingerprint density at radius 1 is 1.31 bits per heavy atom. The molecule has 0 aliphatic heterocycles. The third kappa shape index (κ3) is 1.73. The molecule has 1 N–H and O–H groups in total. The van der Waals surface area contributed by atoms with E-state index in [0.29, 0.717) is 17.8 Å². The van der Waals surface area contributed by atoms with Crippen LogP contribution in [0.3, 0.4) is 0 Å². The number of rotatable bonds is 1. The second kappa shape index (κ2) is 3.87. The molecule has 0 aromatic carbocycles. The third-order valence-electron chi connectivity index (χ3n) is 4.78. The monoisotopic (exact) mass is 222 g/mol. The fraction of sp³-hybridized carbons (Fsp3) is 0.867. The highest BCUT2D eigenvalue weighted by Crippen LogP contribution is 2.52. The molecule has 0 bridgehead atoms. The minimum Gasteiger partial charge on any atom is -0.388 e. The van der Waals surface area contributed by atoms with E-state index in [1.165, 1.54) is 18.4 Å². The van der Waals surface area contributed by atoms with Crippen molar-refractivity contribution >= 4 is 0 Å². The Bertz CT molecular complexity index is 311. The van der Waals surface area contributed by atoms with Crippen LogP contribution in [-0.4, -0.2) is 11.2 Å². The summed E-state index contributed by atoms with van der Waals surface area (Å²) in [6.07, 6.45) is 3.43. The van der Waals surface area contributed by atoms with E-state index in [4.69, 9.17) is 0 Å². The van der Waals surface area contributed by atoms with Crippen molar-refractivity contribution in [3.63, 3.8) is 0 Å². The van der Waals surface area contributed by atoms with Gasteiger partial charge in [-0.3, -0.25) is 0 Å². The van der Waals surface area contributed by atoms with Crippen LogP contribution in [0.1, 0.15) is 53.9 Å². The third-order valence-corrected chi connectivity index (χ3v) is 4.78. The molecule has 0 heterocycles. The van der Waals surface area contributed by atoms with Crippen LogP contribution in [0.25, 0.3) is 0 Å². The predicted octanol–water partition coefficient (Wildman–Crippen LogP) is 3.78. The molecule has 0 aromatic heterocycles. The maximum atomic E-state index is 10.5. The Kier molecular flexibility index (Phi) is 2.94. The van der Waals surface area contributed by atoms with Crippen molar-refractivity contribution in [2.75, 3.05) is 0 Å². The maximum Gasteiger partial charge on any atom is 0.0806 e.